The predicted octanol–water partition coefficient (Wildman–Crippen LogP) is 3.08. The molecule has 0 saturated heterocycles. The summed E-state index contributed by atoms with van der Waals surface area (Å²) in [5.74, 6) is 0.717. The molecule has 1 aromatic rings. The van der Waals surface area contributed by atoms with Crippen LogP contribution in [-0.4, -0.2) is 27.0 Å². The average molecular weight is 322 g/mol. The first-order valence-corrected chi connectivity index (χ1v) is 9.04. The van der Waals surface area contributed by atoms with Crippen molar-refractivity contribution in [3.8, 4) is 0 Å². The Morgan fingerprint density at radius 3 is 2.53 bits per heavy atom. The van der Waals surface area contributed by atoms with Crippen LogP contribution in [-0.2, 0) is 9.84 Å². The Bertz CT molecular complexity index is 556. The summed E-state index contributed by atoms with van der Waals surface area (Å²) in [6, 6.07) is 5.76. The number of rotatable bonds is 6. The zero-order valence-corrected chi connectivity index (χ0v) is 13.0. The van der Waals surface area contributed by atoms with Gasteiger partial charge in [-0.15, -0.1) is 0 Å². The summed E-state index contributed by atoms with van der Waals surface area (Å²) in [5, 5.41) is 4.40. The van der Waals surface area contributed by atoms with Crippen LogP contribution in [0.25, 0.3) is 0 Å². The number of hydrogen-bond acceptors (Lipinski definition) is 3. The van der Waals surface area contributed by atoms with Crippen molar-refractivity contribution in [3.05, 3.63) is 33.8 Å². The van der Waals surface area contributed by atoms with Crippen LogP contribution in [0.3, 0.4) is 0 Å². The van der Waals surface area contributed by atoms with Gasteiger partial charge in [0.2, 0.25) is 0 Å². The van der Waals surface area contributed by atoms with E-state index in [4.69, 9.17) is 23.2 Å². The minimum Gasteiger partial charge on any atom is -0.309 e. The number of benzene rings is 1. The van der Waals surface area contributed by atoms with Crippen molar-refractivity contribution >= 4 is 33.0 Å². The van der Waals surface area contributed by atoms with Crippen molar-refractivity contribution in [2.75, 3.05) is 18.6 Å². The summed E-state index contributed by atoms with van der Waals surface area (Å²) in [6.07, 6.45) is 3.58. The second kappa shape index (κ2) is 6.00. The summed E-state index contributed by atoms with van der Waals surface area (Å²) < 4.78 is 22.3. The van der Waals surface area contributed by atoms with Gasteiger partial charge in [-0.1, -0.05) is 29.3 Å². The van der Waals surface area contributed by atoms with Crippen molar-refractivity contribution < 1.29 is 8.42 Å². The van der Waals surface area contributed by atoms with Gasteiger partial charge in [-0.3, -0.25) is 0 Å². The number of hydrogen-bond donors (Lipinski definition) is 1. The fourth-order valence-electron chi connectivity index (χ4n) is 2.09. The molecule has 0 aromatic heterocycles. The lowest BCUT2D eigenvalue weighted by Gasteiger charge is -2.19. The molecule has 1 aliphatic carbocycles. The van der Waals surface area contributed by atoms with E-state index in [1.807, 2.05) is 12.1 Å². The Labute approximate surface area is 124 Å². The van der Waals surface area contributed by atoms with E-state index in [0.717, 1.165) is 18.4 Å². The van der Waals surface area contributed by atoms with Crippen LogP contribution in [0, 0.1) is 5.92 Å². The van der Waals surface area contributed by atoms with Crippen LogP contribution < -0.4 is 5.32 Å². The molecule has 1 aliphatic rings. The van der Waals surface area contributed by atoms with Gasteiger partial charge in [0.1, 0.15) is 9.84 Å². The zero-order chi connectivity index (χ0) is 14.0. The number of nitrogens with one attached hydrogen (secondary N) is 1. The van der Waals surface area contributed by atoms with E-state index < -0.39 is 9.84 Å². The third kappa shape index (κ3) is 4.63. The van der Waals surface area contributed by atoms with E-state index in [1.54, 1.807) is 6.07 Å². The Balaban J connectivity index is 2.05. The number of sulfone groups is 1. The van der Waals surface area contributed by atoms with Crippen molar-refractivity contribution in [2.45, 2.75) is 18.9 Å². The molecule has 1 atom stereocenters. The van der Waals surface area contributed by atoms with Gasteiger partial charge >= 0.3 is 0 Å². The van der Waals surface area contributed by atoms with Crippen LogP contribution in [0.4, 0.5) is 0 Å². The minimum atomic E-state index is -2.93. The molecule has 19 heavy (non-hydrogen) atoms. The molecule has 0 aliphatic heterocycles. The highest BCUT2D eigenvalue weighted by atomic mass is 35.5. The smallest absolute Gasteiger partial charge is 0.148 e. The lowest BCUT2D eigenvalue weighted by molar-refractivity contribution is 0.494. The maximum Gasteiger partial charge on any atom is 0.148 e. The lowest BCUT2D eigenvalue weighted by Crippen LogP contribution is -2.28. The van der Waals surface area contributed by atoms with E-state index >= 15 is 0 Å². The third-order valence-electron chi connectivity index (χ3n) is 3.23. The molecule has 0 heterocycles. The fourth-order valence-corrected chi connectivity index (χ4v) is 2.89. The normalized spacial score (nSPS) is 17.4. The average Bonchev–Trinajstić information content (AvgIpc) is 3.11. The van der Waals surface area contributed by atoms with Crippen molar-refractivity contribution in [1.29, 1.82) is 0 Å². The van der Waals surface area contributed by atoms with E-state index in [9.17, 15) is 8.42 Å². The molecule has 1 aromatic carbocycles. The van der Waals surface area contributed by atoms with Crippen LogP contribution in [0.2, 0.25) is 10.0 Å². The van der Waals surface area contributed by atoms with E-state index in [0.29, 0.717) is 22.5 Å². The topological polar surface area (TPSA) is 46.2 Å². The largest absolute Gasteiger partial charge is 0.309 e. The standard InChI is InChI=1S/C13H17Cl2NO2S/c1-19(17,18)7-6-16-13(9-2-3-9)10-4-5-11(14)12(15)8-10/h4-5,8-9,13,16H,2-3,6-7H2,1H3. The molecule has 0 bridgehead atoms. The Kier molecular flexibility index (Phi) is 4.77. The molecule has 0 spiro atoms. The SMILES string of the molecule is CS(=O)(=O)CCNC(c1ccc(Cl)c(Cl)c1)C1CC1. The van der Waals surface area contributed by atoms with E-state index in [1.165, 1.54) is 6.26 Å². The zero-order valence-electron chi connectivity index (χ0n) is 10.7. The first-order chi connectivity index (χ1) is 8.87. The Morgan fingerprint density at radius 1 is 1.32 bits per heavy atom. The molecule has 106 valence electrons. The summed E-state index contributed by atoms with van der Waals surface area (Å²) in [5.41, 5.74) is 1.07. The highest BCUT2D eigenvalue weighted by Gasteiger charge is 2.32. The Hall–Kier alpha value is -0.290. The summed E-state index contributed by atoms with van der Waals surface area (Å²) >= 11 is 11.9. The first-order valence-electron chi connectivity index (χ1n) is 6.23. The molecule has 1 N–H and O–H groups in total. The maximum absolute atomic E-state index is 11.2. The fraction of sp³-hybridized carbons (Fsp3) is 0.538. The highest BCUT2D eigenvalue weighted by molar-refractivity contribution is 7.90. The lowest BCUT2D eigenvalue weighted by atomic mass is 10.0. The summed E-state index contributed by atoms with van der Waals surface area (Å²) in [7, 11) is -2.93. The molecule has 6 heteroatoms. The van der Waals surface area contributed by atoms with Gasteiger partial charge in [-0.2, -0.15) is 0 Å². The molecule has 1 fully saturated rings. The van der Waals surface area contributed by atoms with Gasteiger partial charge in [-0.05, 0) is 36.5 Å². The molecule has 1 saturated carbocycles. The van der Waals surface area contributed by atoms with Crippen LogP contribution >= 0.6 is 23.2 Å². The molecular weight excluding hydrogens is 305 g/mol. The Morgan fingerprint density at radius 2 is 2.00 bits per heavy atom. The third-order valence-corrected chi connectivity index (χ3v) is 4.92. The van der Waals surface area contributed by atoms with Gasteiger partial charge < -0.3 is 5.32 Å². The van der Waals surface area contributed by atoms with Crippen molar-refractivity contribution in [2.24, 2.45) is 5.92 Å². The van der Waals surface area contributed by atoms with E-state index in [-0.39, 0.29) is 11.8 Å². The molecule has 3 nitrogen and oxygen atoms in total. The monoisotopic (exact) mass is 321 g/mol. The minimum absolute atomic E-state index is 0.150. The molecule has 0 radical (unpaired) electrons. The maximum atomic E-state index is 11.2. The molecule has 2 rings (SSSR count). The second-order valence-electron chi connectivity index (χ2n) is 5.07. The highest BCUT2D eigenvalue weighted by Crippen LogP contribution is 2.41. The van der Waals surface area contributed by atoms with Gasteiger partial charge in [0.25, 0.3) is 0 Å². The quantitative estimate of drug-likeness (QED) is 0.875. The predicted molar refractivity (Wildman–Crippen MR) is 79.6 cm³/mol. The van der Waals surface area contributed by atoms with Crippen LogP contribution in [0.1, 0.15) is 24.4 Å². The van der Waals surface area contributed by atoms with Crippen LogP contribution in [0.15, 0.2) is 18.2 Å². The summed E-state index contributed by atoms with van der Waals surface area (Å²) in [6.45, 7) is 0.459. The van der Waals surface area contributed by atoms with Gasteiger partial charge in [-0.25, -0.2) is 8.42 Å². The molecular formula is C13H17Cl2NO2S. The number of halogens is 2. The van der Waals surface area contributed by atoms with Crippen molar-refractivity contribution in [3.63, 3.8) is 0 Å². The molecule has 1 unspecified atom stereocenters. The van der Waals surface area contributed by atoms with Gasteiger partial charge in [0.15, 0.2) is 0 Å². The van der Waals surface area contributed by atoms with Gasteiger partial charge in [0.05, 0.1) is 15.8 Å². The second-order valence-corrected chi connectivity index (χ2v) is 8.15. The van der Waals surface area contributed by atoms with Gasteiger partial charge in [0, 0.05) is 18.8 Å². The molecule has 0 amide bonds. The van der Waals surface area contributed by atoms with Crippen molar-refractivity contribution in [1.82, 2.24) is 5.32 Å². The first kappa shape index (κ1) is 15.1. The van der Waals surface area contributed by atoms with Crippen LogP contribution in [0.5, 0.6) is 0 Å². The van der Waals surface area contributed by atoms with E-state index in [2.05, 4.69) is 5.32 Å². The summed E-state index contributed by atoms with van der Waals surface area (Å²) in [4.78, 5) is 0.